The van der Waals surface area contributed by atoms with Gasteiger partial charge in [0.1, 0.15) is 5.56 Å². The lowest BCUT2D eigenvalue weighted by atomic mass is 10.1. The van der Waals surface area contributed by atoms with Gasteiger partial charge in [0, 0.05) is 18.3 Å². The fourth-order valence-electron chi connectivity index (χ4n) is 2.00. The molecule has 0 amide bonds. The van der Waals surface area contributed by atoms with Gasteiger partial charge in [-0.2, -0.15) is 0 Å². The van der Waals surface area contributed by atoms with Gasteiger partial charge >= 0.3 is 5.97 Å². The Morgan fingerprint density at radius 2 is 2.21 bits per heavy atom. The first-order valence-corrected chi connectivity index (χ1v) is 6.33. The van der Waals surface area contributed by atoms with Gasteiger partial charge in [-0.15, -0.1) is 0 Å². The van der Waals surface area contributed by atoms with Gasteiger partial charge in [-0.3, -0.25) is 10.1 Å². The van der Waals surface area contributed by atoms with E-state index in [0.29, 0.717) is 5.69 Å². The van der Waals surface area contributed by atoms with Crippen molar-refractivity contribution in [2.75, 3.05) is 11.9 Å². The van der Waals surface area contributed by atoms with Gasteiger partial charge in [0.25, 0.3) is 5.69 Å². The fourth-order valence-corrected chi connectivity index (χ4v) is 2.00. The number of nitrogens with one attached hydrogen (secondary N) is 1. The van der Waals surface area contributed by atoms with Gasteiger partial charge in [-0.25, -0.2) is 4.79 Å². The molecule has 102 valence electrons. The maximum atomic E-state index is 10.9. The quantitative estimate of drug-likeness (QED) is 0.448. The highest BCUT2D eigenvalue weighted by Crippen LogP contribution is 2.33. The zero-order valence-corrected chi connectivity index (χ0v) is 10.5. The van der Waals surface area contributed by atoms with Gasteiger partial charge in [0.2, 0.25) is 0 Å². The Balaban J connectivity index is 1.98. The Labute approximate surface area is 110 Å². The van der Waals surface area contributed by atoms with E-state index in [2.05, 4.69) is 5.32 Å². The lowest BCUT2D eigenvalue weighted by molar-refractivity contribution is -0.385. The number of anilines is 1. The maximum Gasteiger partial charge on any atom is 0.342 e. The van der Waals surface area contributed by atoms with Gasteiger partial charge in [0.05, 0.1) is 4.92 Å². The summed E-state index contributed by atoms with van der Waals surface area (Å²) in [6.07, 6.45) is 4.85. The predicted molar refractivity (Wildman–Crippen MR) is 70.5 cm³/mol. The van der Waals surface area contributed by atoms with Crippen LogP contribution in [0.2, 0.25) is 0 Å². The number of hydrogen-bond acceptors (Lipinski definition) is 4. The maximum absolute atomic E-state index is 10.9. The molecule has 1 aliphatic carbocycles. The van der Waals surface area contributed by atoms with Crippen LogP contribution in [0.25, 0.3) is 0 Å². The molecule has 0 heterocycles. The number of carbonyl (C=O) groups is 1. The molecule has 0 radical (unpaired) electrons. The third-order valence-electron chi connectivity index (χ3n) is 3.24. The lowest BCUT2D eigenvalue weighted by Gasteiger charge is -2.07. The molecule has 6 nitrogen and oxygen atoms in total. The Morgan fingerprint density at radius 3 is 2.79 bits per heavy atom. The van der Waals surface area contributed by atoms with Crippen LogP contribution in [0.5, 0.6) is 0 Å². The van der Waals surface area contributed by atoms with Crippen LogP contribution < -0.4 is 5.32 Å². The highest BCUT2D eigenvalue weighted by molar-refractivity contribution is 5.93. The van der Waals surface area contributed by atoms with E-state index in [1.807, 2.05) is 0 Å². The zero-order valence-electron chi connectivity index (χ0n) is 10.5. The van der Waals surface area contributed by atoms with Crippen LogP contribution >= 0.6 is 0 Å². The van der Waals surface area contributed by atoms with Gasteiger partial charge in [0.15, 0.2) is 0 Å². The molecule has 6 heteroatoms. The molecule has 2 N–H and O–H groups in total. The Hall–Kier alpha value is -2.11. The molecule has 0 atom stereocenters. The number of rotatable bonds is 7. The first-order valence-electron chi connectivity index (χ1n) is 6.33. The average molecular weight is 264 g/mol. The number of hydrogen-bond donors (Lipinski definition) is 2. The number of nitro groups is 1. The third-order valence-corrected chi connectivity index (χ3v) is 3.24. The van der Waals surface area contributed by atoms with E-state index < -0.39 is 10.9 Å². The molecule has 0 bridgehead atoms. The number of carboxylic acids is 1. The van der Waals surface area contributed by atoms with Crippen LogP contribution in [-0.4, -0.2) is 22.5 Å². The predicted octanol–water partition coefficient (Wildman–Crippen LogP) is 2.90. The third kappa shape index (κ3) is 3.67. The Bertz CT molecular complexity index is 497. The molecule has 0 unspecified atom stereocenters. The number of carboxylic acid groups (broad SMARTS) is 1. The van der Waals surface area contributed by atoms with E-state index in [9.17, 15) is 14.9 Å². The topological polar surface area (TPSA) is 92.5 Å². The fraction of sp³-hybridized carbons (Fsp3) is 0.462. The molecule has 0 aromatic heterocycles. The van der Waals surface area contributed by atoms with Crippen LogP contribution in [0.3, 0.4) is 0 Å². The number of aromatic carboxylic acids is 1. The van der Waals surface area contributed by atoms with Crippen molar-refractivity contribution in [1.82, 2.24) is 0 Å². The number of benzene rings is 1. The van der Waals surface area contributed by atoms with Crippen molar-refractivity contribution in [3.8, 4) is 0 Å². The normalized spacial score (nSPS) is 14.1. The highest BCUT2D eigenvalue weighted by Gasteiger charge is 2.21. The molecule has 1 fully saturated rings. The SMILES string of the molecule is O=C(O)c1ccc(NCCCC2CC2)cc1[N+](=O)[O-]. The molecular formula is C13H16N2O4. The molecule has 1 aromatic carbocycles. The van der Waals surface area contributed by atoms with E-state index in [-0.39, 0.29) is 11.3 Å². The average Bonchev–Trinajstić information content (AvgIpc) is 3.18. The van der Waals surface area contributed by atoms with E-state index >= 15 is 0 Å². The number of nitro benzene ring substituents is 1. The van der Waals surface area contributed by atoms with Crippen molar-refractivity contribution in [2.45, 2.75) is 25.7 Å². The summed E-state index contributed by atoms with van der Waals surface area (Å²) in [5, 5.41) is 22.8. The van der Waals surface area contributed by atoms with Crippen molar-refractivity contribution in [1.29, 1.82) is 0 Å². The first kappa shape index (κ1) is 13.3. The molecule has 1 aliphatic rings. The second kappa shape index (κ2) is 5.69. The van der Waals surface area contributed by atoms with E-state index in [1.54, 1.807) is 6.07 Å². The first-order chi connectivity index (χ1) is 9.08. The smallest absolute Gasteiger partial charge is 0.342 e. The van der Waals surface area contributed by atoms with Crippen molar-refractivity contribution in [3.05, 3.63) is 33.9 Å². The molecule has 0 aliphatic heterocycles. The number of nitrogens with zero attached hydrogens (tertiary/aromatic N) is 1. The van der Waals surface area contributed by atoms with Gasteiger partial charge in [-0.1, -0.05) is 12.8 Å². The monoisotopic (exact) mass is 264 g/mol. The van der Waals surface area contributed by atoms with Crippen molar-refractivity contribution >= 4 is 17.3 Å². The summed E-state index contributed by atoms with van der Waals surface area (Å²) in [5.41, 5.74) is -0.0688. The Morgan fingerprint density at radius 1 is 1.47 bits per heavy atom. The van der Waals surface area contributed by atoms with Crippen molar-refractivity contribution in [3.63, 3.8) is 0 Å². The molecule has 1 aromatic rings. The second-order valence-corrected chi connectivity index (χ2v) is 4.81. The summed E-state index contributed by atoms with van der Waals surface area (Å²) >= 11 is 0. The summed E-state index contributed by atoms with van der Waals surface area (Å²) < 4.78 is 0. The molecular weight excluding hydrogens is 248 g/mol. The minimum absolute atomic E-state index is 0.284. The lowest BCUT2D eigenvalue weighted by Crippen LogP contribution is -2.06. The Kier molecular flexibility index (Phi) is 3.99. The van der Waals surface area contributed by atoms with E-state index in [4.69, 9.17) is 5.11 Å². The molecule has 0 saturated heterocycles. The second-order valence-electron chi connectivity index (χ2n) is 4.81. The van der Waals surface area contributed by atoms with Crippen LogP contribution in [0.4, 0.5) is 11.4 Å². The van der Waals surface area contributed by atoms with E-state index in [0.717, 1.165) is 18.9 Å². The van der Waals surface area contributed by atoms with E-state index in [1.165, 1.54) is 31.4 Å². The highest BCUT2D eigenvalue weighted by atomic mass is 16.6. The van der Waals surface area contributed by atoms with Gasteiger partial charge in [-0.05, 0) is 30.9 Å². The molecule has 1 saturated carbocycles. The summed E-state index contributed by atoms with van der Waals surface area (Å²) in [6, 6.07) is 4.11. The van der Waals surface area contributed by atoms with Crippen LogP contribution in [0.1, 0.15) is 36.0 Å². The van der Waals surface area contributed by atoms with Crippen LogP contribution in [0.15, 0.2) is 18.2 Å². The summed E-state index contributed by atoms with van der Waals surface area (Å²) in [7, 11) is 0. The van der Waals surface area contributed by atoms with Crippen molar-refractivity contribution in [2.24, 2.45) is 5.92 Å². The summed E-state index contributed by atoms with van der Waals surface area (Å²) in [4.78, 5) is 21.0. The van der Waals surface area contributed by atoms with Crippen molar-refractivity contribution < 1.29 is 14.8 Å². The minimum Gasteiger partial charge on any atom is -0.477 e. The van der Waals surface area contributed by atoms with Crippen LogP contribution in [-0.2, 0) is 0 Å². The molecule has 0 spiro atoms. The standard InChI is InChI=1S/C13H16N2O4/c16-13(17)11-6-5-10(8-12(11)15(18)19)14-7-1-2-9-3-4-9/h5-6,8-9,14H,1-4,7H2,(H,16,17). The molecule has 19 heavy (non-hydrogen) atoms. The molecule has 2 rings (SSSR count). The zero-order chi connectivity index (χ0) is 13.8. The van der Waals surface area contributed by atoms with Gasteiger partial charge < -0.3 is 10.4 Å². The summed E-state index contributed by atoms with van der Waals surface area (Å²) in [5.74, 6) is -0.419. The van der Waals surface area contributed by atoms with Crippen LogP contribution in [0, 0.1) is 16.0 Å². The minimum atomic E-state index is -1.29. The summed E-state index contributed by atoms with van der Waals surface area (Å²) in [6.45, 7) is 0.750. The largest absolute Gasteiger partial charge is 0.477 e.